The second-order valence-corrected chi connectivity index (χ2v) is 3.69. The molecule has 0 bridgehead atoms. The van der Waals surface area contributed by atoms with Gasteiger partial charge in [-0.3, -0.25) is 4.79 Å². The molecule has 0 saturated carbocycles. The van der Waals surface area contributed by atoms with Gasteiger partial charge in [0, 0.05) is 18.2 Å². The summed E-state index contributed by atoms with van der Waals surface area (Å²) in [5.41, 5.74) is 6.31. The van der Waals surface area contributed by atoms with Crippen LogP contribution in [-0.2, 0) is 11.2 Å². The van der Waals surface area contributed by atoms with Crippen molar-refractivity contribution in [1.29, 1.82) is 0 Å². The highest BCUT2D eigenvalue weighted by molar-refractivity contribution is 5.79. The van der Waals surface area contributed by atoms with E-state index in [1.54, 1.807) is 7.11 Å². The number of nitrogens with one attached hydrogen (secondary N) is 1. The van der Waals surface area contributed by atoms with E-state index in [-0.39, 0.29) is 11.9 Å². The van der Waals surface area contributed by atoms with Crippen LogP contribution in [0.3, 0.4) is 0 Å². The first-order chi connectivity index (χ1) is 7.67. The molecule has 0 aliphatic carbocycles. The number of hydrogen-bond donors (Lipinski definition) is 2. The zero-order valence-corrected chi connectivity index (χ0v) is 9.69. The Bertz CT molecular complexity index is 353. The van der Waals surface area contributed by atoms with Gasteiger partial charge in [0.05, 0.1) is 13.5 Å². The molecule has 0 radical (unpaired) electrons. The zero-order valence-electron chi connectivity index (χ0n) is 9.69. The van der Waals surface area contributed by atoms with Crippen molar-refractivity contribution in [3.05, 3.63) is 29.8 Å². The Hall–Kier alpha value is -1.55. The van der Waals surface area contributed by atoms with Gasteiger partial charge in [-0.2, -0.15) is 0 Å². The number of carbonyl (C=O) groups is 1. The first-order valence-electron chi connectivity index (χ1n) is 5.28. The van der Waals surface area contributed by atoms with Gasteiger partial charge in [0.2, 0.25) is 5.91 Å². The van der Waals surface area contributed by atoms with Gasteiger partial charge in [-0.25, -0.2) is 0 Å². The maximum atomic E-state index is 11.6. The van der Waals surface area contributed by atoms with Crippen molar-refractivity contribution < 1.29 is 9.53 Å². The van der Waals surface area contributed by atoms with Crippen LogP contribution in [0.25, 0.3) is 0 Å². The molecule has 0 spiro atoms. The molecule has 16 heavy (non-hydrogen) atoms. The summed E-state index contributed by atoms with van der Waals surface area (Å²) in [4.78, 5) is 11.6. The average Bonchev–Trinajstić information content (AvgIpc) is 2.29. The third kappa shape index (κ3) is 3.55. The third-order valence-electron chi connectivity index (χ3n) is 2.30. The molecule has 0 fully saturated rings. The van der Waals surface area contributed by atoms with E-state index in [0.717, 1.165) is 11.3 Å². The summed E-state index contributed by atoms with van der Waals surface area (Å²) in [5.74, 6) is 0.695. The van der Waals surface area contributed by atoms with Gasteiger partial charge in [-0.15, -0.1) is 0 Å². The fourth-order valence-corrected chi connectivity index (χ4v) is 1.41. The third-order valence-corrected chi connectivity index (χ3v) is 2.30. The summed E-state index contributed by atoms with van der Waals surface area (Å²) in [6, 6.07) is 7.49. The van der Waals surface area contributed by atoms with Gasteiger partial charge in [-0.1, -0.05) is 18.2 Å². The van der Waals surface area contributed by atoms with Gasteiger partial charge < -0.3 is 15.8 Å². The Balaban J connectivity index is 2.62. The molecule has 0 aliphatic heterocycles. The average molecular weight is 222 g/mol. The van der Waals surface area contributed by atoms with E-state index in [1.165, 1.54) is 0 Å². The molecule has 1 atom stereocenters. The van der Waals surface area contributed by atoms with E-state index in [0.29, 0.717) is 13.0 Å². The van der Waals surface area contributed by atoms with Crippen molar-refractivity contribution in [1.82, 2.24) is 5.32 Å². The van der Waals surface area contributed by atoms with E-state index < -0.39 is 0 Å². The summed E-state index contributed by atoms with van der Waals surface area (Å²) < 4.78 is 5.17. The van der Waals surface area contributed by atoms with Gasteiger partial charge >= 0.3 is 0 Å². The summed E-state index contributed by atoms with van der Waals surface area (Å²) in [6.07, 6.45) is 0.314. The lowest BCUT2D eigenvalue weighted by molar-refractivity contribution is -0.121. The minimum atomic E-state index is -0.0394. The lowest BCUT2D eigenvalue weighted by Crippen LogP contribution is -2.38. The second-order valence-electron chi connectivity index (χ2n) is 3.69. The lowest BCUT2D eigenvalue weighted by Gasteiger charge is -2.12. The van der Waals surface area contributed by atoms with Gasteiger partial charge in [0.25, 0.3) is 0 Å². The van der Waals surface area contributed by atoms with E-state index >= 15 is 0 Å². The van der Waals surface area contributed by atoms with Gasteiger partial charge in [0.1, 0.15) is 5.75 Å². The highest BCUT2D eigenvalue weighted by atomic mass is 16.5. The molecule has 4 heteroatoms. The number of carbonyl (C=O) groups excluding carboxylic acids is 1. The molecule has 0 saturated heterocycles. The highest BCUT2D eigenvalue weighted by Crippen LogP contribution is 2.17. The molecule has 0 unspecified atom stereocenters. The van der Waals surface area contributed by atoms with Crippen LogP contribution in [0, 0.1) is 0 Å². The van der Waals surface area contributed by atoms with E-state index in [1.807, 2.05) is 31.2 Å². The summed E-state index contributed by atoms with van der Waals surface area (Å²) in [6.45, 7) is 2.32. The molecule has 1 aromatic carbocycles. The minimum absolute atomic E-state index is 0.00204. The first kappa shape index (κ1) is 12.5. The Labute approximate surface area is 95.8 Å². The number of hydrogen-bond acceptors (Lipinski definition) is 3. The molecule has 4 nitrogen and oxygen atoms in total. The molecule has 0 aromatic heterocycles. The Morgan fingerprint density at radius 1 is 1.50 bits per heavy atom. The molecule has 1 rings (SSSR count). The first-order valence-corrected chi connectivity index (χ1v) is 5.28. The van der Waals surface area contributed by atoms with Crippen molar-refractivity contribution in [3.63, 3.8) is 0 Å². The van der Waals surface area contributed by atoms with Crippen molar-refractivity contribution in [2.24, 2.45) is 5.73 Å². The van der Waals surface area contributed by atoms with Crippen molar-refractivity contribution in [2.75, 3.05) is 13.7 Å². The molecule has 1 aromatic rings. The minimum Gasteiger partial charge on any atom is -0.496 e. The zero-order chi connectivity index (χ0) is 12.0. The van der Waals surface area contributed by atoms with E-state index in [2.05, 4.69) is 5.32 Å². The van der Waals surface area contributed by atoms with Crippen LogP contribution in [0.15, 0.2) is 24.3 Å². The van der Waals surface area contributed by atoms with Crippen LogP contribution in [0.5, 0.6) is 5.75 Å². The molecular weight excluding hydrogens is 204 g/mol. The second kappa shape index (κ2) is 6.12. The molecule has 1 amide bonds. The Morgan fingerprint density at radius 3 is 2.81 bits per heavy atom. The summed E-state index contributed by atoms with van der Waals surface area (Å²) in [5, 5.41) is 2.81. The van der Waals surface area contributed by atoms with Crippen LogP contribution in [0.1, 0.15) is 12.5 Å². The van der Waals surface area contributed by atoms with Crippen molar-refractivity contribution in [3.8, 4) is 5.75 Å². The Morgan fingerprint density at radius 2 is 2.19 bits per heavy atom. The van der Waals surface area contributed by atoms with Crippen LogP contribution in [0.2, 0.25) is 0 Å². The summed E-state index contributed by atoms with van der Waals surface area (Å²) in [7, 11) is 1.60. The number of methoxy groups -OCH3 is 1. The molecular formula is C12H18N2O2. The van der Waals surface area contributed by atoms with Crippen molar-refractivity contribution in [2.45, 2.75) is 19.4 Å². The topological polar surface area (TPSA) is 64.3 Å². The van der Waals surface area contributed by atoms with E-state index in [4.69, 9.17) is 10.5 Å². The molecule has 0 aliphatic rings. The van der Waals surface area contributed by atoms with Crippen LogP contribution in [0.4, 0.5) is 0 Å². The van der Waals surface area contributed by atoms with E-state index in [9.17, 15) is 4.79 Å². The predicted molar refractivity (Wildman–Crippen MR) is 63.4 cm³/mol. The van der Waals surface area contributed by atoms with Gasteiger partial charge in [0.15, 0.2) is 0 Å². The fourth-order valence-electron chi connectivity index (χ4n) is 1.41. The Kier molecular flexibility index (Phi) is 4.79. The number of nitrogens with two attached hydrogens (primary N) is 1. The normalized spacial score (nSPS) is 11.9. The largest absolute Gasteiger partial charge is 0.496 e. The highest BCUT2D eigenvalue weighted by Gasteiger charge is 2.09. The number of amides is 1. The predicted octanol–water partition coefficient (Wildman–Crippen LogP) is 0.701. The van der Waals surface area contributed by atoms with Crippen LogP contribution in [-0.4, -0.2) is 25.6 Å². The number of para-hydroxylation sites is 1. The smallest absolute Gasteiger partial charge is 0.224 e. The maximum Gasteiger partial charge on any atom is 0.224 e. The number of benzene rings is 1. The quantitative estimate of drug-likeness (QED) is 0.771. The number of rotatable bonds is 5. The van der Waals surface area contributed by atoms with Gasteiger partial charge in [-0.05, 0) is 13.0 Å². The van der Waals surface area contributed by atoms with Crippen LogP contribution >= 0.6 is 0 Å². The number of ether oxygens (including phenoxy) is 1. The monoisotopic (exact) mass is 222 g/mol. The SMILES string of the molecule is COc1ccccc1CC(=O)N[C@H](C)CN. The standard InChI is InChI=1S/C12H18N2O2/c1-9(8-13)14-12(15)7-10-5-3-4-6-11(10)16-2/h3-6,9H,7-8,13H2,1-2H3,(H,14,15)/t9-/m1/s1. The molecule has 3 N–H and O–H groups in total. The fraction of sp³-hybridized carbons (Fsp3) is 0.417. The molecule has 88 valence electrons. The maximum absolute atomic E-state index is 11.6. The van der Waals surface area contributed by atoms with Crippen LogP contribution < -0.4 is 15.8 Å². The lowest BCUT2D eigenvalue weighted by atomic mass is 10.1. The van der Waals surface area contributed by atoms with Crippen molar-refractivity contribution >= 4 is 5.91 Å². The molecule has 0 heterocycles. The summed E-state index contributed by atoms with van der Waals surface area (Å²) >= 11 is 0.